The quantitative estimate of drug-likeness (QED) is 0.559. The summed E-state index contributed by atoms with van der Waals surface area (Å²) in [5, 5.41) is 2.84. The maximum atomic E-state index is 11.4. The molecule has 1 fully saturated rings. The van der Waals surface area contributed by atoms with Crippen LogP contribution in [-0.4, -0.2) is 51.1 Å². The molecule has 0 aromatic heterocycles. The van der Waals surface area contributed by atoms with E-state index in [0.717, 1.165) is 16.8 Å². The van der Waals surface area contributed by atoms with Crippen molar-refractivity contribution in [2.75, 3.05) is 26.9 Å². The van der Waals surface area contributed by atoms with Crippen molar-refractivity contribution in [3.63, 3.8) is 0 Å². The van der Waals surface area contributed by atoms with Crippen molar-refractivity contribution >= 4 is 19.1 Å². The third-order valence-corrected chi connectivity index (χ3v) is 4.89. The van der Waals surface area contributed by atoms with E-state index in [2.05, 4.69) is 5.32 Å². The molecule has 0 saturated carbocycles. The van der Waals surface area contributed by atoms with Crippen LogP contribution in [0.1, 0.15) is 40.2 Å². The van der Waals surface area contributed by atoms with Crippen molar-refractivity contribution < 1.29 is 23.6 Å². The Morgan fingerprint density at radius 3 is 2.22 bits per heavy atom. The van der Waals surface area contributed by atoms with Crippen LogP contribution in [0.4, 0.5) is 0 Å². The Hall–Kier alpha value is -1.83. The second-order valence-corrected chi connectivity index (χ2v) is 7.63. The molecule has 1 heterocycles. The number of rotatable bonds is 8. The van der Waals surface area contributed by atoms with Gasteiger partial charge in [-0.25, -0.2) is 0 Å². The summed E-state index contributed by atoms with van der Waals surface area (Å²) in [5.41, 5.74) is 0.957. The molecule has 1 saturated heterocycles. The maximum absolute atomic E-state index is 11.4. The lowest BCUT2D eigenvalue weighted by molar-refractivity contribution is -0.118. The van der Waals surface area contributed by atoms with Gasteiger partial charge in [-0.1, -0.05) is 18.2 Å². The van der Waals surface area contributed by atoms with Gasteiger partial charge in [0.05, 0.1) is 17.8 Å². The van der Waals surface area contributed by atoms with Gasteiger partial charge in [-0.15, -0.1) is 0 Å². The number of ether oxygens (including phenoxy) is 2. The molecule has 2 rings (SSSR count). The van der Waals surface area contributed by atoms with Crippen LogP contribution < -0.4 is 10.1 Å². The molecule has 1 aromatic rings. The van der Waals surface area contributed by atoms with Gasteiger partial charge in [-0.05, 0) is 50.9 Å². The van der Waals surface area contributed by atoms with Crippen LogP contribution in [-0.2, 0) is 18.8 Å². The molecular formula is C20H30BNO5. The molecule has 1 N–H and O–H groups in total. The number of hydrogen-bond acceptors (Lipinski definition) is 5. The zero-order valence-corrected chi connectivity index (χ0v) is 17.1. The average molecular weight is 375 g/mol. The third kappa shape index (κ3) is 5.82. The number of carbonyl (C=O) groups is 1. The van der Waals surface area contributed by atoms with Crippen LogP contribution in [0.15, 0.2) is 29.7 Å². The van der Waals surface area contributed by atoms with Crippen molar-refractivity contribution in [2.45, 2.75) is 45.8 Å². The first-order valence-corrected chi connectivity index (χ1v) is 9.17. The maximum Gasteiger partial charge on any atom is 0.492 e. The molecule has 148 valence electrons. The van der Waals surface area contributed by atoms with Gasteiger partial charge in [0.15, 0.2) is 0 Å². The highest BCUT2D eigenvalue weighted by atomic mass is 16.7. The van der Waals surface area contributed by atoms with Crippen LogP contribution >= 0.6 is 0 Å². The lowest BCUT2D eigenvalue weighted by Crippen LogP contribution is -2.41. The lowest BCUT2D eigenvalue weighted by atomic mass is 9.77. The molecule has 7 heteroatoms. The second kappa shape index (κ2) is 8.91. The molecule has 0 unspecified atom stereocenters. The summed E-state index contributed by atoms with van der Waals surface area (Å²) in [6.07, 6.45) is 1.98. The van der Waals surface area contributed by atoms with E-state index >= 15 is 0 Å². The largest absolute Gasteiger partial charge is 0.492 e. The van der Waals surface area contributed by atoms with Crippen LogP contribution in [0.5, 0.6) is 5.75 Å². The van der Waals surface area contributed by atoms with Gasteiger partial charge in [-0.3, -0.25) is 4.79 Å². The number of nitrogens with one attached hydrogen (secondary N) is 1. The Labute approximate surface area is 162 Å². The molecule has 27 heavy (non-hydrogen) atoms. The summed E-state index contributed by atoms with van der Waals surface area (Å²) in [7, 11) is 1.13. The van der Waals surface area contributed by atoms with Gasteiger partial charge < -0.3 is 24.1 Å². The van der Waals surface area contributed by atoms with Crippen molar-refractivity contribution in [2.24, 2.45) is 0 Å². The summed E-state index contributed by atoms with van der Waals surface area (Å²) in [6.45, 7) is 10.9. The first-order valence-electron chi connectivity index (χ1n) is 9.17. The van der Waals surface area contributed by atoms with Gasteiger partial charge in [0.2, 0.25) is 5.91 Å². The highest BCUT2D eigenvalue weighted by Gasteiger charge is 2.52. The SMILES string of the molecule is COCCOc1ccc(C=C(CNC(C)=O)B2OC(C)(C)C(C)(C)O2)cc1. The summed E-state index contributed by atoms with van der Waals surface area (Å²) in [5.74, 6) is 0.683. The molecule has 1 aromatic carbocycles. The Morgan fingerprint density at radius 1 is 1.11 bits per heavy atom. The summed E-state index contributed by atoms with van der Waals surface area (Å²) >= 11 is 0. The molecule has 0 spiro atoms. The predicted octanol–water partition coefficient (Wildman–Crippen LogP) is 2.86. The van der Waals surface area contributed by atoms with E-state index in [1.807, 2.05) is 58.0 Å². The van der Waals surface area contributed by atoms with Crippen LogP contribution in [0.25, 0.3) is 6.08 Å². The molecule has 1 aliphatic heterocycles. The zero-order valence-electron chi connectivity index (χ0n) is 17.1. The normalized spacial score (nSPS) is 18.4. The van der Waals surface area contributed by atoms with Gasteiger partial charge >= 0.3 is 7.12 Å². The highest BCUT2D eigenvalue weighted by Crippen LogP contribution is 2.38. The van der Waals surface area contributed by atoms with Crippen LogP contribution in [0.3, 0.4) is 0 Å². The molecule has 1 aliphatic rings. The van der Waals surface area contributed by atoms with Crippen molar-refractivity contribution in [1.29, 1.82) is 0 Å². The third-order valence-electron chi connectivity index (χ3n) is 4.89. The summed E-state index contributed by atoms with van der Waals surface area (Å²) in [4.78, 5) is 11.4. The number of carbonyl (C=O) groups excluding carboxylic acids is 1. The average Bonchev–Trinajstić information content (AvgIpc) is 2.80. The number of amides is 1. The van der Waals surface area contributed by atoms with E-state index in [0.29, 0.717) is 19.8 Å². The molecule has 0 aliphatic carbocycles. The molecule has 6 nitrogen and oxygen atoms in total. The first-order chi connectivity index (χ1) is 12.6. The second-order valence-electron chi connectivity index (χ2n) is 7.63. The van der Waals surface area contributed by atoms with E-state index in [1.54, 1.807) is 7.11 Å². The van der Waals surface area contributed by atoms with Crippen LogP contribution in [0, 0.1) is 0 Å². The van der Waals surface area contributed by atoms with Gasteiger partial charge in [0.25, 0.3) is 0 Å². The topological polar surface area (TPSA) is 66.0 Å². The van der Waals surface area contributed by atoms with E-state index in [-0.39, 0.29) is 5.91 Å². The Morgan fingerprint density at radius 2 is 1.70 bits per heavy atom. The van der Waals surface area contributed by atoms with Gasteiger partial charge in [0, 0.05) is 20.6 Å². The van der Waals surface area contributed by atoms with E-state index in [4.69, 9.17) is 18.8 Å². The molecule has 0 atom stereocenters. The Kier molecular flexibility index (Phi) is 7.09. The zero-order chi connectivity index (χ0) is 20.1. The molecular weight excluding hydrogens is 345 g/mol. The predicted molar refractivity (Wildman–Crippen MR) is 107 cm³/mol. The monoisotopic (exact) mass is 375 g/mol. The molecule has 0 radical (unpaired) electrons. The first kappa shape index (κ1) is 21.5. The number of benzene rings is 1. The van der Waals surface area contributed by atoms with E-state index in [9.17, 15) is 4.79 Å². The smallest absolute Gasteiger partial charge is 0.491 e. The highest BCUT2D eigenvalue weighted by molar-refractivity contribution is 6.56. The van der Waals surface area contributed by atoms with Gasteiger partial charge in [-0.2, -0.15) is 0 Å². The molecule has 1 amide bonds. The van der Waals surface area contributed by atoms with Crippen LogP contribution in [0.2, 0.25) is 0 Å². The lowest BCUT2D eigenvalue weighted by Gasteiger charge is -2.32. The van der Waals surface area contributed by atoms with Crippen molar-refractivity contribution in [1.82, 2.24) is 5.32 Å². The number of methoxy groups -OCH3 is 1. The van der Waals surface area contributed by atoms with E-state index < -0.39 is 18.3 Å². The van der Waals surface area contributed by atoms with Gasteiger partial charge in [0.1, 0.15) is 12.4 Å². The minimum Gasteiger partial charge on any atom is -0.491 e. The molecule has 0 bridgehead atoms. The van der Waals surface area contributed by atoms with Crippen molar-refractivity contribution in [3.8, 4) is 5.75 Å². The van der Waals surface area contributed by atoms with Crippen molar-refractivity contribution in [3.05, 3.63) is 35.3 Å². The Bertz CT molecular complexity index is 653. The summed E-state index contributed by atoms with van der Waals surface area (Å²) in [6, 6.07) is 7.73. The van der Waals surface area contributed by atoms with E-state index in [1.165, 1.54) is 6.92 Å². The fourth-order valence-electron chi connectivity index (χ4n) is 2.54. The minimum absolute atomic E-state index is 0.0979. The fraction of sp³-hybridized carbons (Fsp3) is 0.550. The summed E-state index contributed by atoms with van der Waals surface area (Å²) < 4.78 is 22.8. The standard InChI is InChI=1S/C20H30BNO5/c1-15(23)22-14-17(21-26-19(2,3)20(4,5)27-21)13-16-7-9-18(10-8-16)25-12-11-24-6/h7-10,13H,11-12,14H2,1-6H3,(H,22,23). The number of hydrogen-bond donors (Lipinski definition) is 1. The Balaban J connectivity index is 2.17. The fourth-order valence-corrected chi connectivity index (χ4v) is 2.54. The minimum atomic E-state index is -0.514.